The number of carbonyl (C=O) groups excluding carboxylic acids is 1. The van der Waals surface area contributed by atoms with Crippen molar-refractivity contribution in [3.8, 4) is 11.3 Å². The maximum atomic E-state index is 15.9. The Hall–Kier alpha value is -3.88. The van der Waals surface area contributed by atoms with Crippen LogP contribution in [0.4, 0.5) is 32.2 Å². The molecule has 2 unspecified atom stereocenters. The van der Waals surface area contributed by atoms with Crippen LogP contribution in [0.2, 0.25) is 0 Å². The molecule has 4 aromatic rings. The molecule has 1 fully saturated rings. The molecule has 1 amide bonds. The molecule has 0 aliphatic carbocycles. The van der Waals surface area contributed by atoms with Gasteiger partial charge in [0.05, 0.1) is 24.5 Å². The third-order valence-corrected chi connectivity index (χ3v) is 7.44. The van der Waals surface area contributed by atoms with E-state index in [9.17, 15) is 26.7 Å². The normalized spacial score (nSPS) is 15.9. The van der Waals surface area contributed by atoms with E-state index < -0.39 is 31.1 Å². The second-order valence-corrected chi connectivity index (χ2v) is 11.5. The van der Waals surface area contributed by atoms with Crippen molar-refractivity contribution >= 4 is 35.1 Å². The zero-order valence-corrected chi connectivity index (χ0v) is 26.9. The number of aliphatic hydroxyl groups excluding tert-OH is 1. The third kappa shape index (κ3) is 10.6. The number of anilines is 1. The number of halogens is 6. The minimum Gasteiger partial charge on any atom is -0.400 e. The summed E-state index contributed by atoms with van der Waals surface area (Å²) in [5, 5.41) is 10.5. The molecule has 2 N–H and O–H groups in total. The number of amides is 1. The average molecular weight is 683 g/mol. The van der Waals surface area contributed by atoms with E-state index in [4.69, 9.17) is 5.11 Å². The Labute approximate surface area is 274 Å². The van der Waals surface area contributed by atoms with E-state index in [0.717, 1.165) is 26.6 Å². The van der Waals surface area contributed by atoms with Crippen LogP contribution in [0, 0.1) is 23.5 Å². The Morgan fingerprint density at radius 3 is 2.40 bits per heavy atom. The van der Waals surface area contributed by atoms with Gasteiger partial charge in [0.2, 0.25) is 6.93 Å². The Bertz CT molecular complexity index is 1640. The van der Waals surface area contributed by atoms with Gasteiger partial charge in [0.15, 0.2) is 0 Å². The number of pyridine rings is 2. The second-order valence-electron chi connectivity index (χ2n) is 10.9. The number of nitrogens with one attached hydrogen (secondary N) is 1. The first-order valence-corrected chi connectivity index (χ1v) is 15.0. The first kappa shape index (κ1) is 37.6. The molecule has 1 saturated heterocycles. The smallest absolute Gasteiger partial charge is 0.345 e. The van der Waals surface area contributed by atoms with Crippen LogP contribution in [0.25, 0.3) is 22.0 Å². The highest BCUT2D eigenvalue weighted by molar-refractivity contribution is 7.80. The number of nitrogens with zero attached hydrogens (tertiary/aromatic N) is 3. The molecule has 3 heterocycles. The maximum Gasteiger partial charge on any atom is 0.345 e. The van der Waals surface area contributed by atoms with Gasteiger partial charge in [-0.15, -0.1) is 12.6 Å². The number of hydrogen-bond donors (Lipinski definition) is 3. The van der Waals surface area contributed by atoms with Crippen LogP contribution < -0.4 is 10.2 Å². The van der Waals surface area contributed by atoms with E-state index >= 15 is 4.39 Å². The van der Waals surface area contributed by atoms with E-state index in [2.05, 4.69) is 46.5 Å². The Morgan fingerprint density at radius 2 is 1.74 bits per heavy atom. The van der Waals surface area contributed by atoms with Gasteiger partial charge in [-0.05, 0) is 54.2 Å². The van der Waals surface area contributed by atoms with E-state index in [1.165, 1.54) is 42.6 Å². The Balaban J connectivity index is 0.00000114. The van der Waals surface area contributed by atoms with Crippen molar-refractivity contribution in [1.29, 1.82) is 0 Å². The molecule has 1 aliphatic rings. The average Bonchev–Trinajstić information content (AvgIpc) is 3.03. The molecule has 254 valence electrons. The van der Waals surface area contributed by atoms with Crippen molar-refractivity contribution in [2.24, 2.45) is 11.8 Å². The highest BCUT2D eigenvalue weighted by Gasteiger charge is 2.24. The van der Waals surface area contributed by atoms with Crippen LogP contribution >= 0.6 is 12.6 Å². The predicted octanol–water partition coefficient (Wildman–Crippen LogP) is 7.51. The van der Waals surface area contributed by atoms with Crippen LogP contribution in [-0.2, 0) is 17.9 Å². The summed E-state index contributed by atoms with van der Waals surface area (Å²) in [6.45, 7) is 0.728. The van der Waals surface area contributed by atoms with Gasteiger partial charge in [-0.3, -0.25) is 9.78 Å². The van der Waals surface area contributed by atoms with Crippen LogP contribution in [0.1, 0.15) is 41.9 Å². The van der Waals surface area contributed by atoms with Gasteiger partial charge >= 0.3 is 6.61 Å². The van der Waals surface area contributed by atoms with Crippen molar-refractivity contribution in [3.63, 3.8) is 0 Å². The number of aromatic nitrogens is 2. The lowest BCUT2D eigenvalue weighted by Crippen LogP contribution is -2.39. The molecule has 0 radical (unpaired) electrons. The molecule has 0 spiro atoms. The van der Waals surface area contributed by atoms with Gasteiger partial charge in [0.25, 0.3) is 5.91 Å². The number of fused-ring (bicyclic) bond motifs is 1. The fourth-order valence-electron chi connectivity index (χ4n) is 5.47. The molecule has 0 saturated carbocycles. The van der Waals surface area contributed by atoms with Crippen molar-refractivity contribution in [2.45, 2.75) is 44.9 Å². The SMILES string of the molecule is CC1CC(C)CN(c2cc(F)cc(-c3ccc4cnc(CNC(=O)c5cc(S)cc(COC(F)F)c5)cc4c3F)n2)C1.CO.FCF. The van der Waals surface area contributed by atoms with Crippen LogP contribution in [0.15, 0.2) is 59.6 Å². The zero-order chi connectivity index (χ0) is 34.7. The number of thiol groups is 1. The summed E-state index contributed by atoms with van der Waals surface area (Å²) in [5.74, 6) is -0.191. The molecule has 14 heteroatoms. The number of benzene rings is 2. The first-order valence-electron chi connectivity index (χ1n) is 14.5. The summed E-state index contributed by atoms with van der Waals surface area (Å²) in [7, 11) is 1.00. The molecule has 2 aromatic carbocycles. The van der Waals surface area contributed by atoms with E-state index in [1.54, 1.807) is 12.1 Å². The van der Waals surface area contributed by atoms with Crippen molar-refractivity contribution in [3.05, 3.63) is 83.2 Å². The number of rotatable bonds is 8. The monoisotopic (exact) mass is 682 g/mol. The van der Waals surface area contributed by atoms with Gasteiger partial charge in [-0.25, -0.2) is 22.5 Å². The number of hydrogen-bond acceptors (Lipinski definition) is 7. The highest BCUT2D eigenvalue weighted by Crippen LogP contribution is 2.32. The van der Waals surface area contributed by atoms with Gasteiger partial charge in [-0.2, -0.15) is 8.78 Å². The number of alkyl halides is 4. The van der Waals surface area contributed by atoms with Crippen LogP contribution in [-0.4, -0.2) is 54.7 Å². The minimum atomic E-state index is -2.94. The molecule has 5 rings (SSSR count). The topological polar surface area (TPSA) is 87.6 Å². The quantitative estimate of drug-likeness (QED) is 0.132. The summed E-state index contributed by atoms with van der Waals surface area (Å²) in [5.41, 5.74) is 1.31. The number of aliphatic hydroxyl groups is 1. The predicted molar refractivity (Wildman–Crippen MR) is 171 cm³/mol. The third-order valence-electron chi connectivity index (χ3n) is 7.19. The van der Waals surface area contributed by atoms with E-state index in [0.29, 0.717) is 39.2 Å². The van der Waals surface area contributed by atoms with Crippen molar-refractivity contribution < 1.29 is 41.0 Å². The second kappa shape index (κ2) is 17.9. The summed E-state index contributed by atoms with van der Waals surface area (Å²) in [6.07, 6.45) is 2.59. The molecule has 2 aromatic heterocycles. The fourth-order valence-corrected chi connectivity index (χ4v) is 5.78. The highest BCUT2D eigenvalue weighted by atomic mass is 32.1. The summed E-state index contributed by atoms with van der Waals surface area (Å²) >= 11 is 4.23. The molecular formula is C33H36F6N4O3S. The molecule has 1 aliphatic heterocycles. The first-order chi connectivity index (χ1) is 22.5. The molecule has 2 atom stereocenters. The zero-order valence-electron chi connectivity index (χ0n) is 26.0. The van der Waals surface area contributed by atoms with E-state index in [1.807, 2.05) is 4.90 Å². The molecular weight excluding hydrogens is 646 g/mol. The van der Waals surface area contributed by atoms with Crippen molar-refractivity contribution in [1.82, 2.24) is 15.3 Å². The Kier molecular flexibility index (Phi) is 14.3. The maximum absolute atomic E-state index is 15.9. The molecule has 0 bridgehead atoms. The Morgan fingerprint density at radius 1 is 1.06 bits per heavy atom. The minimum absolute atomic E-state index is 0.0220. The van der Waals surface area contributed by atoms with Crippen LogP contribution in [0.5, 0.6) is 0 Å². The van der Waals surface area contributed by atoms with Gasteiger partial charge in [0.1, 0.15) is 17.5 Å². The van der Waals surface area contributed by atoms with Crippen LogP contribution in [0.3, 0.4) is 0 Å². The molecule has 7 nitrogen and oxygen atoms in total. The summed E-state index contributed by atoms with van der Waals surface area (Å²) in [4.78, 5) is 24.2. The lowest BCUT2D eigenvalue weighted by atomic mass is 9.92. The molecule has 47 heavy (non-hydrogen) atoms. The number of ether oxygens (including phenoxy) is 1. The largest absolute Gasteiger partial charge is 0.400 e. The van der Waals surface area contributed by atoms with E-state index in [-0.39, 0.29) is 35.4 Å². The summed E-state index contributed by atoms with van der Waals surface area (Å²) < 4.78 is 79.0. The lowest BCUT2D eigenvalue weighted by molar-refractivity contribution is -0.137. The van der Waals surface area contributed by atoms with Gasteiger partial charge in [-0.1, -0.05) is 19.9 Å². The standard InChI is InChI=1S/C31H30F4N4O2S.CH2F2.CH4O/c1-17-5-18(2)15-39(14-17)28-10-22(32)9-27(38-28)25-4-3-20-12-36-23(11-26(20)29(25)33)13-37-30(40)21-6-19(7-24(42)8-21)16-41-31(34)35;2-1-3;1-2/h3-4,6-12,17-18,31,42H,5,13-16H2,1-2H3,(H,37,40);1H2;2H,1H3. The summed E-state index contributed by atoms with van der Waals surface area (Å²) in [6, 6.07) is 11.9. The number of carbonyl (C=O) groups is 1. The van der Waals surface area contributed by atoms with Gasteiger partial charge < -0.3 is 20.1 Å². The lowest BCUT2D eigenvalue weighted by Gasteiger charge is -2.36. The van der Waals surface area contributed by atoms with Crippen molar-refractivity contribution in [2.75, 3.05) is 32.0 Å². The number of piperidine rings is 1. The van der Waals surface area contributed by atoms with Gasteiger partial charge in [0, 0.05) is 65.3 Å². The fraction of sp³-hybridized carbons (Fsp3) is 0.364.